The van der Waals surface area contributed by atoms with Gasteiger partial charge in [-0.15, -0.1) is 0 Å². The predicted octanol–water partition coefficient (Wildman–Crippen LogP) is 1.69. The summed E-state index contributed by atoms with van der Waals surface area (Å²) in [6, 6.07) is 0. The molecule has 96 valence electrons. The minimum atomic E-state index is -0.347. The van der Waals surface area contributed by atoms with Crippen molar-refractivity contribution in [3.05, 3.63) is 12.2 Å². The molecule has 2 fully saturated rings. The third-order valence-corrected chi connectivity index (χ3v) is 3.28. The van der Waals surface area contributed by atoms with Gasteiger partial charge in [0.2, 0.25) is 0 Å². The number of rotatable bonds is 6. The minimum Gasteiger partial charge on any atom is -0.460 e. The molecule has 4 nitrogen and oxygen atoms in total. The lowest BCUT2D eigenvalue weighted by atomic mass is 9.90. The number of hydrogen-bond acceptors (Lipinski definition) is 4. The number of carbonyl (C=O) groups excluding carboxylic acids is 1. The zero-order chi connectivity index (χ0) is 12.3. The Morgan fingerprint density at radius 3 is 2.88 bits per heavy atom. The molecule has 1 saturated heterocycles. The highest BCUT2D eigenvalue weighted by atomic mass is 16.6. The van der Waals surface area contributed by atoms with Crippen molar-refractivity contribution >= 4 is 5.97 Å². The van der Waals surface area contributed by atoms with E-state index in [0.29, 0.717) is 36.9 Å². The predicted molar refractivity (Wildman–Crippen MR) is 62.6 cm³/mol. The Balaban J connectivity index is 1.48. The molecule has 0 spiro atoms. The van der Waals surface area contributed by atoms with E-state index in [-0.39, 0.29) is 5.97 Å². The molecule has 3 unspecified atom stereocenters. The molecule has 0 aromatic carbocycles. The molecule has 0 radical (unpaired) electrons. The zero-order valence-corrected chi connectivity index (χ0v) is 10.3. The van der Waals surface area contributed by atoms with Crippen LogP contribution in [0.2, 0.25) is 0 Å². The number of esters is 1. The molecule has 1 saturated carbocycles. The van der Waals surface area contributed by atoms with Crippen LogP contribution in [0.4, 0.5) is 0 Å². The lowest BCUT2D eigenvalue weighted by Gasteiger charge is -2.18. The van der Waals surface area contributed by atoms with Crippen LogP contribution in [0.3, 0.4) is 0 Å². The van der Waals surface area contributed by atoms with Crippen molar-refractivity contribution < 1.29 is 19.0 Å². The van der Waals surface area contributed by atoms with Crippen molar-refractivity contribution in [3.8, 4) is 0 Å². The van der Waals surface area contributed by atoms with E-state index in [9.17, 15) is 4.79 Å². The van der Waals surface area contributed by atoms with E-state index >= 15 is 0 Å². The summed E-state index contributed by atoms with van der Waals surface area (Å²) < 4.78 is 15.9. The van der Waals surface area contributed by atoms with Crippen LogP contribution in [0.15, 0.2) is 12.2 Å². The van der Waals surface area contributed by atoms with Crippen molar-refractivity contribution in [1.82, 2.24) is 0 Å². The molecule has 0 aromatic rings. The number of epoxide rings is 1. The van der Waals surface area contributed by atoms with Crippen LogP contribution in [0.1, 0.15) is 26.2 Å². The van der Waals surface area contributed by atoms with Gasteiger partial charge in [-0.25, -0.2) is 4.79 Å². The number of fused-ring (bicyclic) bond motifs is 1. The third-order valence-electron chi connectivity index (χ3n) is 3.28. The van der Waals surface area contributed by atoms with Crippen LogP contribution in [-0.4, -0.2) is 38.0 Å². The lowest BCUT2D eigenvalue weighted by Crippen LogP contribution is -2.20. The highest BCUT2D eigenvalue weighted by Crippen LogP contribution is 2.39. The molecule has 2 rings (SSSR count). The Labute approximate surface area is 102 Å². The maximum atomic E-state index is 11.1. The van der Waals surface area contributed by atoms with Gasteiger partial charge in [-0.2, -0.15) is 0 Å². The Kier molecular flexibility index (Phi) is 4.18. The van der Waals surface area contributed by atoms with E-state index in [2.05, 4.69) is 6.58 Å². The largest absolute Gasteiger partial charge is 0.460 e. The van der Waals surface area contributed by atoms with Crippen LogP contribution in [0.5, 0.6) is 0 Å². The van der Waals surface area contributed by atoms with Gasteiger partial charge in [0.15, 0.2) is 0 Å². The highest BCUT2D eigenvalue weighted by molar-refractivity contribution is 5.86. The highest BCUT2D eigenvalue weighted by Gasteiger charge is 2.43. The Morgan fingerprint density at radius 1 is 1.35 bits per heavy atom. The van der Waals surface area contributed by atoms with Crippen molar-refractivity contribution in [2.24, 2.45) is 5.92 Å². The fourth-order valence-electron chi connectivity index (χ4n) is 2.20. The standard InChI is InChI=1S/C13H20O4/c1-9(2)13(14)16-6-5-15-8-10-3-4-11-12(7-10)17-11/h10-12H,1,3-8H2,2H3. The quantitative estimate of drug-likeness (QED) is 0.307. The molecule has 0 N–H and O–H groups in total. The fraction of sp³-hybridized carbons (Fsp3) is 0.769. The van der Waals surface area contributed by atoms with Crippen molar-refractivity contribution in [2.75, 3.05) is 19.8 Å². The SMILES string of the molecule is C=C(C)C(=O)OCCOCC1CCC2OC2C1. The Bertz CT molecular complexity index is 300. The first kappa shape index (κ1) is 12.6. The van der Waals surface area contributed by atoms with Crippen LogP contribution >= 0.6 is 0 Å². The molecule has 4 heteroatoms. The summed E-state index contributed by atoms with van der Waals surface area (Å²) in [5, 5.41) is 0. The van der Waals surface area contributed by atoms with Gasteiger partial charge >= 0.3 is 5.97 Å². The molecule has 2 aliphatic rings. The van der Waals surface area contributed by atoms with Crippen molar-refractivity contribution in [3.63, 3.8) is 0 Å². The van der Waals surface area contributed by atoms with E-state index in [4.69, 9.17) is 14.2 Å². The third kappa shape index (κ3) is 3.82. The van der Waals surface area contributed by atoms with Gasteiger partial charge in [-0.1, -0.05) is 6.58 Å². The van der Waals surface area contributed by atoms with Gasteiger partial charge in [-0.3, -0.25) is 0 Å². The second kappa shape index (κ2) is 5.65. The van der Waals surface area contributed by atoms with Crippen LogP contribution in [0, 0.1) is 5.92 Å². The molecular formula is C13H20O4. The summed E-state index contributed by atoms with van der Waals surface area (Å²) in [5.41, 5.74) is 0.425. The smallest absolute Gasteiger partial charge is 0.333 e. The summed E-state index contributed by atoms with van der Waals surface area (Å²) in [6.07, 6.45) is 4.52. The van der Waals surface area contributed by atoms with Crippen LogP contribution in [-0.2, 0) is 19.0 Å². The van der Waals surface area contributed by atoms with E-state index in [0.717, 1.165) is 13.0 Å². The van der Waals surface area contributed by atoms with Gasteiger partial charge in [-0.05, 0) is 32.1 Å². The monoisotopic (exact) mass is 240 g/mol. The molecule has 1 aliphatic carbocycles. The first-order valence-electron chi connectivity index (χ1n) is 6.22. The Hall–Kier alpha value is -0.870. The fourth-order valence-corrected chi connectivity index (χ4v) is 2.20. The summed E-state index contributed by atoms with van der Waals surface area (Å²) in [6.45, 7) is 6.66. The second-order valence-electron chi connectivity index (χ2n) is 4.88. The molecule has 1 aliphatic heterocycles. The van der Waals surface area contributed by atoms with Crippen molar-refractivity contribution in [2.45, 2.75) is 38.4 Å². The first-order chi connectivity index (χ1) is 8.16. The van der Waals surface area contributed by atoms with Gasteiger partial charge in [0.05, 0.1) is 18.8 Å². The lowest BCUT2D eigenvalue weighted by molar-refractivity contribution is -0.140. The molecule has 3 atom stereocenters. The summed E-state index contributed by atoms with van der Waals surface area (Å²) in [5.74, 6) is 0.260. The number of hydrogen-bond donors (Lipinski definition) is 0. The van der Waals surface area contributed by atoms with E-state index in [1.807, 2.05) is 0 Å². The zero-order valence-electron chi connectivity index (χ0n) is 10.3. The number of ether oxygens (including phenoxy) is 3. The van der Waals surface area contributed by atoms with Crippen molar-refractivity contribution in [1.29, 1.82) is 0 Å². The van der Waals surface area contributed by atoms with Gasteiger partial charge < -0.3 is 14.2 Å². The normalized spacial score (nSPS) is 30.5. The van der Waals surface area contributed by atoms with Crippen LogP contribution in [0.25, 0.3) is 0 Å². The molecule has 1 heterocycles. The molecule has 0 amide bonds. The first-order valence-corrected chi connectivity index (χ1v) is 6.22. The molecule has 0 aromatic heterocycles. The summed E-state index contributed by atoms with van der Waals surface area (Å²) in [7, 11) is 0. The molecule has 0 bridgehead atoms. The average Bonchev–Trinajstić information content (AvgIpc) is 3.06. The summed E-state index contributed by atoms with van der Waals surface area (Å²) in [4.78, 5) is 11.1. The topological polar surface area (TPSA) is 48.1 Å². The van der Waals surface area contributed by atoms with Gasteiger partial charge in [0.25, 0.3) is 0 Å². The van der Waals surface area contributed by atoms with E-state index in [1.165, 1.54) is 12.8 Å². The van der Waals surface area contributed by atoms with E-state index < -0.39 is 0 Å². The maximum absolute atomic E-state index is 11.1. The molecule has 17 heavy (non-hydrogen) atoms. The molecular weight excluding hydrogens is 220 g/mol. The van der Waals surface area contributed by atoms with E-state index in [1.54, 1.807) is 6.92 Å². The van der Waals surface area contributed by atoms with Crippen LogP contribution < -0.4 is 0 Å². The van der Waals surface area contributed by atoms with Gasteiger partial charge in [0, 0.05) is 12.2 Å². The number of carbonyl (C=O) groups is 1. The maximum Gasteiger partial charge on any atom is 0.333 e. The minimum absolute atomic E-state index is 0.307. The Morgan fingerprint density at radius 2 is 2.18 bits per heavy atom. The average molecular weight is 240 g/mol. The van der Waals surface area contributed by atoms with Gasteiger partial charge in [0.1, 0.15) is 6.61 Å². The second-order valence-corrected chi connectivity index (χ2v) is 4.88. The summed E-state index contributed by atoms with van der Waals surface area (Å²) >= 11 is 0.